The SMILES string of the molecule is O=C(C=Cc1ccc(C(=O)N[C@H](C(=O)O)C2(C3CCCC3)CCCCC2)cc1)NO. The van der Waals surface area contributed by atoms with Crippen molar-refractivity contribution in [3.8, 4) is 0 Å². The molecule has 4 N–H and O–H groups in total. The number of nitrogens with one attached hydrogen (secondary N) is 2. The number of carbonyl (C=O) groups is 3. The van der Waals surface area contributed by atoms with Crippen molar-refractivity contribution in [1.29, 1.82) is 0 Å². The molecule has 2 amide bonds. The third kappa shape index (κ3) is 4.90. The van der Waals surface area contributed by atoms with Crippen LogP contribution in [0.15, 0.2) is 30.3 Å². The van der Waals surface area contributed by atoms with Crippen molar-refractivity contribution < 1.29 is 24.7 Å². The van der Waals surface area contributed by atoms with E-state index < -0.39 is 23.8 Å². The lowest BCUT2D eigenvalue weighted by atomic mass is 9.61. The van der Waals surface area contributed by atoms with Gasteiger partial charge in [0.15, 0.2) is 0 Å². The zero-order chi connectivity index (χ0) is 21.6. The van der Waals surface area contributed by atoms with E-state index in [4.69, 9.17) is 5.21 Å². The number of carbonyl (C=O) groups excluding carboxylic acids is 2. The molecule has 0 aliphatic heterocycles. The van der Waals surface area contributed by atoms with Crippen LogP contribution in [0.1, 0.15) is 73.7 Å². The molecule has 2 aliphatic rings. The molecule has 30 heavy (non-hydrogen) atoms. The maximum absolute atomic E-state index is 12.9. The molecule has 3 rings (SSSR count). The standard InChI is InChI=1S/C23H30N2O5/c26-19(25-30)13-10-16-8-11-17(12-9-16)21(27)24-20(22(28)29)23(14-4-1-5-15-23)18-6-2-3-7-18/h8-13,18,20,30H,1-7,14-15H2,(H,24,27)(H,25,26)(H,28,29)/t20-/m1/s1. The molecule has 1 aromatic rings. The van der Waals surface area contributed by atoms with Crippen LogP contribution in [0.4, 0.5) is 0 Å². The topological polar surface area (TPSA) is 116 Å². The van der Waals surface area contributed by atoms with Crippen LogP contribution in [0.25, 0.3) is 6.08 Å². The molecule has 2 aliphatic carbocycles. The van der Waals surface area contributed by atoms with Gasteiger partial charge in [0.2, 0.25) is 0 Å². The van der Waals surface area contributed by atoms with Gasteiger partial charge < -0.3 is 10.4 Å². The van der Waals surface area contributed by atoms with Gasteiger partial charge in [-0.25, -0.2) is 10.3 Å². The summed E-state index contributed by atoms with van der Waals surface area (Å²) in [7, 11) is 0. The van der Waals surface area contributed by atoms with E-state index in [1.165, 1.54) is 17.6 Å². The maximum Gasteiger partial charge on any atom is 0.326 e. The predicted molar refractivity (Wildman–Crippen MR) is 112 cm³/mol. The second-order valence-electron chi connectivity index (χ2n) is 8.45. The highest BCUT2D eigenvalue weighted by Gasteiger charge is 2.50. The van der Waals surface area contributed by atoms with Gasteiger partial charge in [-0.1, -0.05) is 44.2 Å². The molecule has 0 saturated heterocycles. The van der Waals surface area contributed by atoms with Crippen LogP contribution >= 0.6 is 0 Å². The fourth-order valence-electron chi connectivity index (χ4n) is 5.26. The van der Waals surface area contributed by atoms with Gasteiger partial charge in [0, 0.05) is 17.1 Å². The van der Waals surface area contributed by atoms with E-state index in [2.05, 4.69) is 5.32 Å². The second kappa shape index (κ2) is 9.89. The van der Waals surface area contributed by atoms with Gasteiger partial charge >= 0.3 is 5.97 Å². The van der Waals surface area contributed by atoms with E-state index >= 15 is 0 Å². The summed E-state index contributed by atoms with van der Waals surface area (Å²) in [6, 6.07) is 5.65. The van der Waals surface area contributed by atoms with E-state index in [1.807, 2.05) is 0 Å². The third-order valence-electron chi connectivity index (χ3n) is 6.76. The Morgan fingerprint density at radius 1 is 1.00 bits per heavy atom. The normalized spacial score (nSPS) is 20.0. The van der Waals surface area contributed by atoms with Crippen molar-refractivity contribution >= 4 is 23.9 Å². The first-order valence-corrected chi connectivity index (χ1v) is 10.7. The Hall–Kier alpha value is -2.67. The molecule has 2 fully saturated rings. The van der Waals surface area contributed by atoms with Crippen LogP contribution in [0.2, 0.25) is 0 Å². The number of carboxylic acids is 1. The van der Waals surface area contributed by atoms with Crippen molar-refractivity contribution in [1.82, 2.24) is 10.8 Å². The van der Waals surface area contributed by atoms with Gasteiger partial charge in [0.25, 0.3) is 11.8 Å². The number of amides is 2. The largest absolute Gasteiger partial charge is 0.480 e. The average molecular weight is 415 g/mol. The molecular formula is C23H30N2O5. The Morgan fingerprint density at radius 3 is 2.20 bits per heavy atom. The van der Waals surface area contributed by atoms with E-state index in [0.29, 0.717) is 17.0 Å². The number of carboxylic acid groups (broad SMARTS) is 1. The van der Waals surface area contributed by atoms with E-state index in [9.17, 15) is 19.5 Å². The summed E-state index contributed by atoms with van der Waals surface area (Å²) >= 11 is 0. The molecule has 0 aromatic heterocycles. The molecule has 0 bridgehead atoms. The Bertz CT molecular complexity index is 790. The quantitative estimate of drug-likeness (QED) is 0.309. The molecule has 0 unspecified atom stereocenters. The van der Waals surface area contributed by atoms with Crippen LogP contribution < -0.4 is 10.8 Å². The number of hydrogen-bond donors (Lipinski definition) is 4. The number of benzene rings is 1. The van der Waals surface area contributed by atoms with Crippen molar-refractivity contribution in [3.63, 3.8) is 0 Å². The molecule has 162 valence electrons. The fraction of sp³-hybridized carbons (Fsp3) is 0.522. The zero-order valence-corrected chi connectivity index (χ0v) is 17.1. The lowest BCUT2D eigenvalue weighted by Crippen LogP contribution is -2.56. The minimum Gasteiger partial charge on any atom is -0.480 e. The van der Waals surface area contributed by atoms with Crippen molar-refractivity contribution in [2.45, 2.75) is 63.8 Å². The highest BCUT2D eigenvalue weighted by molar-refractivity contribution is 5.97. The summed E-state index contributed by atoms with van der Waals surface area (Å²) in [5.41, 5.74) is 2.20. The predicted octanol–water partition coefficient (Wildman–Crippen LogP) is 3.53. The highest BCUT2D eigenvalue weighted by Crippen LogP contribution is 2.51. The number of rotatable bonds is 7. The molecule has 1 atom stereocenters. The van der Waals surface area contributed by atoms with Gasteiger partial charge in [0.1, 0.15) is 6.04 Å². The van der Waals surface area contributed by atoms with Crippen molar-refractivity contribution in [2.24, 2.45) is 11.3 Å². The van der Waals surface area contributed by atoms with Crippen LogP contribution in [0.3, 0.4) is 0 Å². The Balaban J connectivity index is 1.77. The lowest BCUT2D eigenvalue weighted by Gasteiger charge is -2.46. The van der Waals surface area contributed by atoms with E-state index in [1.54, 1.807) is 24.3 Å². The lowest BCUT2D eigenvalue weighted by molar-refractivity contribution is -0.145. The van der Waals surface area contributed by atoms with Crippen LogP contribution in [0, 0.1) is 11.3 Å². The van der Waals surface area contributed by atoms with Crippen molar-refractivity contribution in [2.75, 3.05) is 0 Å². The van der Waals surface area contributed by atoms with Gasteiger partial charge in [0.05, 0.1) is 0 Å². The van der Waals surface area contributed by atoms with E-state index in [-0.39, 0.29) is 5.41 Å². The molecule has 0 heterocycles. The van der Waals surface area contributed by atoms with Crippen molar-refractivity contribution in [3.05, 3.63) is 41.5 Å². The summed E-state index contributed by atoms with van der Waals surface area (Å²) in [4.78, 5) is 36.2. The average Bonchev–Trinajstić information content (AvgIpc) is 3.32. The summed E-state index contributed by atoms with van der Waals surface area (Å²) in [5, 5.41) is 21.4. The summed E-state index contributed by atoms with van der Waals surface area (Å²) < 4.78 is 0. The third-order valence-corrected chi connectivity index (χ3v) is 6.76. The monoisotopic (exact) mass is 414 g/mol. The summed E-state index contributed by atoms with van der Waals surface area (Å²) in [6.45, 7) is 0. The first kappa shape index (κ1) is 22.0. The minimum atomic E-state index is -0.952. The molecule has 1 aromatic carbocycles. The van der Waals surface area contributed by atoms with E-state index in [0.717, 1.165) is 57.8 Å². The van der Waals surface area contributed by atoms with Crippen LogP contribution in [0.5, 0.6) is 0 Å². The molecular weight excluding hydrogens is 384 g/mol. The Labute approximate surface area is 176 Å². The maximum atomic E-state index is 12.9. The number of hydroxylamine groups is 1. The second-order valence-corrected chi connectivity index (χ2v) is 8.45. The highest BCUT2D eigenvalue weighted by atomic mass is 16.5. The molecule has 7 nitrogen and oxygen atoms in total. The minimum absolute atomic E-state index is 0.351. The van der Waals surface area contributed by atoms with Gasteiger partial charge in [-0.05, 0) is 55.4 Å². The van der Waals surface area contributed by atoms with Gasteiger partial charge in [-0.2, -0.15) is 0 Å². The zero-order valence-electron chi connectivity index (χ0n) is 17.1. The summed E-state index contributed by atoms with van der Waals surface area (Å²) in [5.74, 6) is -1.64. The molecule has 2 saturated carbocycles. The first-order valence-electron chi connectivity index (χ1n) is 10.7. The molecule has 0 radical (unpaired) electrons. The van der Waals surface area contributed by atoms with Gasteiger partial charge in [-0.15, -0.1) is 0 Å². The fourth-order valence-corrected chi connectivity index (χ4v) is 5.26. The molecule has 7 heteroatoms. The van der Waals surface area contributed by atoms with Crippen LogP contribution in [-0.4, -0.2) is 34.1 Å². The summed E-state index contributed by atoms with van der Waals surface area (Å²) in [6.07, 6.45) is 11.9. The Kier molecular flexibility index (Phi) is 7.26. The number of hydrogen-bond acceptors (Lipinski definition) is 4. The first-order chi connectivity index (χ1) is 14.5. The Morgan fingerprint density at radius 2 is 1.63 bits per heavy atom. The smallest absolute Gasteiger partial charge is 0.326 e. The van der Waals surface area contributed by atoms with Gasteiger partial charge in [-0.3, -0.25) is 14.8 Å². The van der Waals surface area contributed by atoms with Crippen LogP contribution in [-0.2, 0) is 9.59 Å². The number of aliphatic carboxylic acids is 1. The molecule has 0 spiro atoms.